The number of piperidine rings is 1. The van der Waals surface area contributed by atoms with Gasteiger partial charge in [-0.05, 0) is 53.4 Å². The zero-order chi connectivity index (χ0) is 16.5. The Bertz CT molecular complexity index is 419. The van der Waals surface area contributed by atoms with Crippen molar-refractivity contribution in [2.75, 3.05) is 13.1 Å². The summed E-state index contributed by atoms with van der Waals surface area (Å²) in [6.07, 6.45) is 3.49. The fourth-order valence-corrected chi connectivity index (χ4v) is 2.90. The maximum absolute atomic E-state index is 12.3. The highest BCUT2D eigenvalue weighted by molar-refractivity contribution is 5.82. The zero-order valence-corrected chi connectivity index (χ0v) is 14.2. The lowest BCUT2D eigenvalue weighted by molar-refractivity contribution is -0.136. The predicted molar refractivity (Wildman–Crippen MR) is 84.3 cm³/mol. The molecule has 1 aliphatic carbocycles. The van der Waals surface area contributed by atoms with E-state index in [9.17, 15) is 9.59 Å². The highest BCUT2D eigenvalue weighted by atomic mass is 16.6. The van der Waals surface area contributed by atoms with E-state index in [1.165, 1.54) is 0 Å². The number of ether oxygens (including phenoxy) is 1. The van der Waals surface area contributed by atoms with Gasteiger partial charge in [0.05, 0.1) is 6.04 Å². The van der Waals surface area contributed by atoms with E-state index < -0.39 is 11.6 Å². The van der Waals surface area contributed by atoms with Crippen molar-refractivity contribution >= 4 is 12.0 Å². The Morgan fingerprint density at radius 3 is 2.05 bits per heavy atom. The normalized spacial score (nSPS) is 21.4. The van der Waals surface area contributed by atoms with Crippen molar-refractivity contribution in [3.63, 3.8) is 0 Å². The van der Waals surface area contributed by atoms with Gasteiger partial charge in [0.1, 0.15) is 5.60 Å². The van der Waals surface area contributed by atoms with Crippen molar-refractivity contribution in [1.29, 1.82) is 0 Å². The van der Waals surface area contributed by atoms with Gasteiger partial charge in [0.15, 0.2) is 0 Å². The molecule has 0 aromatic rings. The van der Waals surface area contributed by atoms with Crippen molar-refractivity contribution < 1.29 is 14.3 Å². The van der Waals surface area contributed by atoms with Gasteiger partial charge in [-0.1, -0.05) is 0 Å². The van der Waals surface area contributed by atoms with Crippen LogP contribution in [0, 0.1) is 0 Å². The van der Waals surface area contributed by atoms with Crippen LogP contribution in [0.2, 0.25) is 0 Å². The SMILES string of the molecule is C[C@H](N)C(=O)N(C1CC1)C1CCN(C(=O)OC(C)(C)C)CC1. The number of rotatable bonds is 3. The summed E-state index contributed by atoms with van der Waals surface area (Å²) in [6, 6.07) is 0.103. The van der Waals surface area contributed by atoms with Crippen LogP contribution in [0.5, 0.6) is 0 Å². The van der Waals surface area contributed by atoms with E-state index in [4.69, 9.17) is 10.5 Å². The average molecular weight is 311 g/mol. The largest absolute Gasteiger partial charge is 0.444 e. The summed E-state index contributed by atoms with van der Waals surface area (Å²) in [5.74, 6) is 0.0400. The Kier molecular flexibility index (Phi) is 5.00. The Labute approximate surface area is 132 Å². The first-order valence-corrected chi connectivity index (χ1v) is 8.24. The molecule has 0 unspecified atom stereocenters. The van der Waals surface area contributed by atoms with Gasteiger partial charge < -0.3 is 20.3 Å². The lowest BCUT2D eigenvalue weighted by Crippen LogP contribution is -2.53. The van der Waals surface area contributed by atoms with Crippen LogP contribution in [0.3, 0.4) is 0 Å². The molecule has 126 valence electrons. The van der Waals surface area contributed by atoms with Gasteiger partial charge in [0.2, 0.25) is 5.91 Å². The summed E-state index contributed by atoms with van der Waals surface area (Å²) in [5, 5.41) is 0. The minimum Gasteiger partial charge on any atom is -0.444 e. The molecule has 6 nitrogen and oxygen atoms in total. The molecule has 0 aromatic heterocycles. The van der Waals surface area contributed by atoms with E-state index >= 15 is 0 Å². The first-order chi connectivity index (χ1) is 10.2. The molecule has 1 aliphatic heterocycles. The van der Waals surface area contributed by atoms with Crippen molar-refractivity contribution in [2.24, 2.45) is 5.73 Å². The second kappa shape index (κ2) is 6.44. The molecular formula is C16H29N3O3. The van der Waals surface area contributed by atoms with E-state index in [0.29, 0.717) is 19.1 Å². The number of likely N-dealkylation sites (tertiary alicyclic amines) is 1. The third-order valence-electron chi connectivity index (χ3n) is 4.09. The minimum atomic E-state index is -0.473. The number of hydrogen-bond acceptors (Lipinski definition) is 4. The van der Waals surface area contributed by atoms with Gasteiger partial charge >= 0.3 is 6.09 Å². The lowest BCUT2D eigenvalue weighted by atomic mass is 10.0. The van der Waals surface area contributed by atoms with Crippen LogP contribution in [0.1, 0.15) is 53.4 Å². The van der Waals surface area contributed by atoms with Crippen molar-refractivity contribution in [2.45, 2.75) is 77.1 Å². The second-order valence-electron chi connectivity index (χ2n) is 7.46. The standard InChI is InChI=1S/C16H29N3O3/c1-11(17)14(20)19(12-5-6-12)13-7-9-18(10-8-13)15(21)22-16(2,3)4/h11-13H,5-10,17H2,1-4H3/t11-/m0/s1. The van der Waals surface area contributed by atoms with Crippen molar-refractivity contribution in [3.05, 3.63) is 0 Å². The molecule has 0 bridgehead atoms. The number of hydrogen-bond donors (Lipinski definition) is 1. The van der Waals surface area contributed by atoms with Gasteiger partial charge in [-0.15, -0.1) is 0 Å². The van der Waals surface area contributed by atoms with Crippen molar-refractivity contribution in [1.82, 2.24) is 9.80 Å². The maximum atomic E-state index is 12.3. The van der Waals surface area contributed by atoms with E-state index in [0.717, 1.165) is 25.7 Å². The Hall–Kier alpha value is -1.30. The van der Waals surface area contributed by atoms with E-state index in [1.807, 2.05) is 25.7 Å². The number of nitrogens with zero attached hydrogens (tertiary/aromatic N) is 2. The molecule has 1 saturated carbocycles. The number of carbonyl (C=O) groups is 2. The molecule has 2 fully saturated rings. The van der Waals surface area contributed by atoms with E-state index in [2.05, 4.69) is 0 Å². The highest BCUT2D eigenvalue weighted by Crippen LogP contribution is 2.32. The maximum Gasteiger partial charge on any atom is 0.410 e. The van der Waals surface area contributed by atoms with Crippen molar-refractivity contribution in [3.8, 4) is 0 Å². The smallest absolute Gasteiger partial charge is 0.410 e. The van der Waals surface area contributed by atoms with Gasteiger partial charge in [-0.3, -0.25) is 4.79 Å². The molecule has 6 heteroatoms. The zero-order valence-electron chi connectivity index (χ0n) is 14.2. The number of nitrogens with two attached hydrogens (primary N) is 1. The van der Waals surface area contributed by atoms with Gasteiger partial charge in [0, 0.05) is 25.2 Å². The van der Waals surface area contributed by atoms with Crippen LogP contribution in [0.4, 0.5) is 4.79 Å². The topological polar surface area (TPSA) is 75.9 Å². The summed E-state index contributed by atoms with van der Waals surface area (Å²) >= 11 is 0. The van der Waals surface area contributed by atoms with Crippen LogP contribution >= 0.6 is 0 Å². The second-order valence-corrected chi connectivity index (χ2v) is 7.46. The van der Waals surface area contributed by atoms with Gasteiger partial charge in [-0.2, -0.15) is 0 Å². The van der Waals surface area contributed by atoms with Crippen LogP contribution in [-0.4, -0.2) is 58.6 Å². The Morgan fingerprint density at radius 1 is 1.14 bits per heavy atom. The van der Waals surface area contributed by atoms with E-state index in [1.54, 1.807) is 11.8 Å². The summed E-state index contributed by atoms with van der Waals surface area (Å²) in [6.45, 7) is 8.62. The van der Waals surface area contributed by atoms with Gasteiger partial charge in [-0.25, -0.2) is 4.79 Å². The first kappa shape index (κ1) is 17.1. The molecule has 2 aliphatic rings. The predicted octanol–water partition coefficient (Wildman–Crippen LogP) is 1.72. The van der Waals surface area contributed by atoms with Crippen LogP contribution in [-0.2, 0) is 9.53 Å². The van der Waals surface area contributed by atoms with Crippen LogP contribution in [0.25, 0.3) is 0 Å². The quantitative estimate of drug-likeness (QED) is 0.861. The third-order valence-corrected chi connectivity index (χ3v) is 4.09. The first-order valence-electron chi connectivity index (χ1n) is 8.24. The number of amides is 2. The Morgan fingerprint density at radius 2 is 1.64 bits per heavy atom. The van der Waals surface area contributed by atoms with E-state index in [-0.39, 0.29) is 18.0 Å². The fraction of sp³-hybridized carbons (Fsp3) is 0.875. The summed E-state index contributed by atoms with van der Waals surface area (Å²) in [4.78, 5) is 28.1. The minimum absolute atomic E-state index is 0.0400. The molecule has 0 spiro atoms. The molecule has 0 aromatic carbocycles. The highest BCUT2D eigenvalue weighted by Gasteiger charge is 2.40. The summed E-state index contributed by atoms with van der Waals surface area (Å²) in [5.41, 5.74) is 5.30. The van der Waals surface area contributed by atoms with Gasteiger partial charge in [0.25, 0.3) is 0 Å². The Balaban J connectivity index is 1.90. The summed E-state index contributed by atoms with van der Waals surface area (Å²) in [7, 11) is 0. The average Bonchev–Trinajstić information content (AvgIpc) is 3.22. The number of carbonyl (C=O) groups excluding carboxylic acids is 2. The molecular weight excluding hydrogens is 282 g/mol. The molecule has 0 radical (unpaired) electrons. The molecule has 22 heavy (non-hydrogen) atoms. The molecule has 1 atom stereocenters. The monoisotopic (exact) mass is 311 g/mol. The van der Waals surface area contributed by atoms with Crippen LogP contribution in [0.15, 0.2) is 0 Å². The molecule has 2 amide bonds. The summed E-state index contributed by atoms with van der Waals surface area (Å²) < 4.78 is 5.40. The fourth-order valence-electron chi connectivity index (χ4n) is 2.90. The molecule has 1 heterocycles. The molecule has 2 rings (SSSR count). The third kappa shape index (κ3) is 4.35. The molecule has 2 N–H and O–H groups in total. The lowest BCUT2D eigenvalue weighted by Gasteiger charge is -2.39. The van der Waals surface area contributed by atoms with Crippen LogP contribution < -0.4 is 5.73 Å². The molecule has 1 saturated heterocycles.